The van der Waals surface area contributed by atoms with Gasteiger partial charge in [-0.3, -0.25) is 0 Å². The molecule has 0 amide bonds. The summed E-state index contributed by atoms with van der Waals surface area (Å²) in [5.74, 6) is 0. The lowest BCUT2D eigenvalue weighted by molar-refractivity contribution is 1.65. The number of hydrogen-bond acceptors (Lipinski definition) is 2. The predicted octanol–water partition coefficient (Wildman–Crippen LogP) is 4.14. The third-order valence-electron chi connectivity index (χ3n) is 1.82. The van der Waals surface area contributed by atoms with Crippen LogP contribution < -0.4 is 0 Å². The smallest absolute Gasteiger partial charge is 0.0977 e. The van der Waals surface area contributed by atoms with Crippen LogP contribution in [0.1, 0.15) is 0 Å². The lowest BCUT2D eigenvalue weighted by Crippen LogP contribution is -1.74. The first-order valence-electron chi connectivity index (χ1n) is 4.01. The molecule has 0 unspecified atom stereocenters. The molecule has 1 heterocycles. The SMILES string of the molecule is S=c1scccc1-c1ccccc1. The predicted molar refractivity (Wildman–Crippen MR) is 60.6 cm³/mol. The van der Waals surface area contributed by atoms with Gasteiger partial charge in [0.1, 0.15) is 0 Å². The van der Waals surface area contributed by atoms with Gasteiger partial charge < -0.3 is 0 Å². The lowest BCUT2D eigenvalue weighted by atomic mass is 10.1. The molecule has 0 bridgehead atoms. The van der Waals surface area contributed by atoms with Crippen molar-refractivity contribution in [3.8, 4) is 11.1 Å². The van der Waals surface area contributed by atoms with E-state index < -0.39 is 0 Å². The third kappa shape index (κ3) is 1.85. The average Bonchev–Trinajstić information content (AvgIpc) is 2.20. The Bertz CT molecular complexity index is 443. The number of benzene rings is 1. The molecule has 1 aromatic heterocycles. The van der Waals surface area contributed by atoms with Gasteiger partial charge in [-0.15, -0.1) is 11.3 Å². The van der Waals surface area contributed by atoms with Gasteiger partial charge in [0.05, 0.1) is 3.82 Å². The zero-order chi connectivity index (χ0) is 9.10. The van der Waals surface area contributed by atoms with E-state index in [1.165, 1.54) is 5.56 Å². The van der Waals surface area contributed by atoms with E-state index in [9.17, 15) is 0 Å². The first kappa shape index (κ1) is 8.60. The van der Waals surface area contributed by atoms with Gasteiger partial charge in [0, 0.05) is 5.56 Å². The molecule has 0 N–H and O–H groups in total. The van der Waals surface area contributed by atoms with Gasteiger partial charge in [0.2, 0.25) is 0 Å². The van der Waals surface area contributed by atoms with Crippen molar-refractivity contribution in [1.29, 1.82) is 0 Å². The van der Waals surface area contributed by atoms with E-state index >= 15 is 0 Å². The minimum Gasteiger partial charge on any atom is -0.132 e. The highest BCUT2D eigenvalue weighted by molar-refractivity contribution is 7.73. The molecule has 64 valence electrons. The van der Waals surface area contributed by atoms with Crippen LogP contribution in [-0.4, -0.2) is 0 Å². The zero-order valence-electron chi connectivity index (χ0n) is 6.94. The van der Waals surface area contributed by atoms with Crippen molar-refractivity contribution < 1.29 is 0 Å². The van der Waals surface area contributed by atoms with E-state index in [1.807, 2.05) is 29.6 Å². The van der Waals surface area contributed by atoms with E-state index in [0.29, 0.717) is 0 Å². The monoisotopic (exact) mass is 204 g/mol. The van der Waals surface area contributed by atoms with Crippen LogP contribution in [0.3, 0.4) is 0 Å². The standard InChI is InChI=1S/C11H8S2/c12-11-10(7-4-8-13-11)9-5-2-1-3-6-9/h1-8H. The second-order valence-corrected chi connectivity index (χ2v) is 4.26. The van der Waals surface area contributed by atoms with Gasteiger partial charge in [0.15, 0.2) is 0 Å². The minimum atomic E-state index is 0.953. The molecular weight excluding hydrogens is 196 g/mol. The Morgan fingerprint density at radius 3 is 2.38 bits per heavy atom. The first-order chi connectivity index (χ1) is 6.38. The van der Waals surface area contributed by atoms with Gasteiger partial charge in [-0.25, -0.2) is 0 Å². The van der Waals surface area contributed by atoms with Crippen LogP contribution in [0.25, 0.3) is 11.1 Å². The molecule has 0 atom stereocenters. The molecule has 2 rings (SSSR count). The number of hydrogen-bond donors (Lipinski definition) is 0. The van der Waals surface area contributed by atoms with Crippen LogP contribution >= 0.6 is 23.6 Å². The highest BCUT2D eigenvalue weighted by Gasteiger charge is 1.96. The van der Waals surface area contributed by atoms with Crippen molar-refractivity contribution in [2.24, 2.45) is 0 Å². The minimum absolute atomic E-state index is 0.953. The Labute approximate surface area is 86.5 Å². The van der Waals surface area contributed by atoms with Gasteiger partial charge in [-0.1, -0.05) is 54.7 Å². The number of rotatable bonds is 1. The molecule has 0 fully saturated rings. The van der Waals surface area contributed by atoms with Crippen LogP contribution in [0, 0.1) is 3.82 Å². The molecule has 0 radical (unpaired) electrons. The Hall–Kier alpha value is -0.990. The second kappa shape index (κ2) is 3.81. The molecule has 0 nitrogen and oxygen atoms in total. The summed E-state index contributed by atoms with van der Waals surface area (Å²) in [4.78, 5) is 0. The Morgan fingerprint density at radius 1 is 0.923 bits per heavy atom. The summed E-state index contributed by atoms with van der Waals surface area (Å²) in [5.41, 5.74) is 2.35. The van der Waals surface area contributed by atoms with E-state index in [1.54, 1.807) is 11.3 Å². The van der Waals surface area contributed by atoms with Crippen molar-refractivity contribution in [3.63, 3.8) is 0 Å². The molecule has 0 aliphatic heterocycles. The maximum absolute atomic E-state index is 5.25. The summed E-state index contributed by atoms with van der Waals surface area (Å²) in [5, 5.41) is 2.01. The van der Waals surface area contributed by atoms with Crippen molar-refractivity contribution in [1.82, 2.24) is 0 Å². The summed E-state index contributed by atoms with van der Waals surface area (Å²) in [6, 6.07) is 14.3. The van der Waals surface area contributed by atoms with Gasteiger partial charge >= 0.3 is 0 Å². The maximum Gasteiger partial charge on any atom is 0.0977 e. The fourth-order valence-electron chi connectivity index (χ4n) is 1.20. The molecule has 0 saturated heterocycles. The molecule has 13 heavy (non-hydrogen) atoms. The molecular formula is C11H8S2. The van der Waals surface area contributed by atoms with Gasteiger partial charge in [-0.05, 0) is 10.9 Å². The largest absolute Gasteiger partial charge is 0.132 e. The molecule has 0 spiro atoms. The average molecular weight is 204 g/mol. The molecule has 0 aliphatic rings. The lowest BCUT2D eigenvalue weighted by Gasteiger charge is -1.98. The fourth-order valence-corrected chi connectivity index (χ4v) is 2.15. The highest BCUT2D eigenvalue weighted by Crippen LogP contribution is 2.21. The van der Waals surface area contributed by atoms with E-state index in [0.717, 1.165) is 9.39 Å². The fraction of sp³-hybridized carbons (Fsp3) is 0. The summed E-state index contributed by atoms with van der Waals surface area (Å²) in [7, 11) is 0. The Kier molecular flexibility index (Phi) is 2.52. The summed E-state index contributed by atoms with van der Waals surface area (Å²) in [6.07, 6.45) is 0. The summed E-state index contributed by atoms with van der Waals surface area (Å²) >= 11 is 6.86. The van der Waals surface area contributed by atoms with Crippen LogP contribution in [0.4, 0.5) is 0 Å². The molecule has 0 saturated carbocycles. The van der Waals surface area contributed by atoms with Crippen molar-refractivity contribution in [2.75, 3.05) is 0 Å². The van der Waals surface area contributed by atoms with Crippen LogP contribution in [-0.2, 0) is 0 Å². The van der Waals surface area contributed by atoms with Crippen LogP contribution in [0.15, 0.2) is 47.8 Å². The highest BCUT2D eigenvalue weighted by atomic mass is 32.1. The Balaban J connectivity index is 2.60. The molecule has 2 heteroatoms. The maximum atomic E-state index is 5.25. The third-order valence-corrected chi connectivity index (χ3v) is 3.06. The molecule has 2 aromatic rings. The molecule has 0 aliphatic carbocycles. The zero-order valence-corrected chi connectivity index (χ0v) is 8.57. The van der Waals surface area contributed by atoms with Gasteiger partial charge in [0.25, 0.3) is 0 Å². The topological polar surface area (TPSA) is 0 Å². The van der Waals surface area contributed by atoms with Crippen molar-refractivity contribution in [3.05, 3.63) is 51.7 Å². The van der Waals surface area contributed by atoms with E-state index in [-0.39, 0.29) is 0 Å². The van der Waals surface area contributed by atoms with Crippen molar-refractivity contribution >= 4 is 23.6 Å². The van der Waals surface area contributed by atoms with E-state index in [2.05, 4.69) is 18.2 Å². The van der Waals surface area contributed by atoms with E-state index in [4.69, 9.17) is 12.2 Å². The van der Waals surface area contributed by atoms with Crippen molar-refractivity contribution in [2.45, 2.75) is 0 Å². The Morgan fingerprint density at radius 2 is 1.69 bits per heavy atom. The summed E-state index contributed by atoms with van der Waals surface area (Å²) in [6.45, 7) is 0. The summed E-state index contributed by atoms with van der Waals surface area (Å²) < 4.78 is 0.953. The van der Waals surface area contributed by atoms with Crippen LogP contribution in [0.2, 0.25) is 0 Å². The van der Waals surface area contributed by atoms with Crippen LogP contribution in [0.5, 0.6) is 0 Å². The quantitative estimate of drug-likeness (QED) is 0.629. The normalized spacial score (nSPS) is 9.85. The first-order valence-corrected chi connectivity index (χ1v) is 5.30. The molecule has 1 aromatic carbocycles. The van der Waals surface area contributed by atoms with Gasteiger partial charge in [-0.2, -0.15) is 0 Å². The second-order valence-electron chi connectivity index (χ2n) is 2.68.